The molecule has 0 atom stereocenters. The van der Waals surface area contributed by atoms with Gasteiger partial charge >= 0.3 is 0 Å². The molecule has 0 aliphatic carbocycles. The molecule has 0 fully saturated rings. The topological polar surface area (TPSA) is 37.3 Å². The smallest absolute Gasteiger partial charge is 0.133 e. The van der Waals surface area contributed by atoms with Gasteiger partial charge < -0.3 is 5.32 Å². The highest BCUT2D eigenvalue weighted by Crippen LogP contribution is 2.21. The minimum absolute atomic E-state index is 0.244. The molecule has 2 rings (SSSR count). The molecule has 2 aromatic rings. The number of aliphatic imine (C=N–C) groups is 1. The lowest BCUT2D eigenvalue weighted by Gasteiger charge is -2.11. The summed E-state index contributed by atoms with van der Waals surface area (Å²) >= 11 is 0. The summed E-state index contributed by atoms with van der Waals surface area (Å²) in [7, 11) is 1.74. The Bertz CT molecular complexity index is 688. The summed E-state index contributed by atoms with van der Waals surface area (Å²) in [4.78, 5) is 8.73. The van der Waals surface area contributed by atoms with E-state index in [-0.39, 0.29) is 5.82 Å². The number of pyridine rings is 1. The molecule has 0 aliphatic rings. The summed E-state index contributed by atoms with van der Waals surface area (Å²) in [5.41, 5.74) is 3.69. The second-order valence-electron chi connectivity index (χ2n) is 4.89. The average molecular weight is 297 g/mol. The molecule has 4 heteroatoms. The first-order valence-electron chi connectivity index (χ1n) is 7.27. The summed E-state index contributed by atoms with van der Waals surface area (Å²) in [6, 6.07) is 8.42. The van der Waals surface area contributed by atoms with Crippen LogP contribution in [0.2, 0.25) is 0 Å². The molecule has 0 unspecified atom stereocenters. The van der Waals surface area contributed by atoms with Crippen molar-refractivity contribution in [3.05, 3.63) is 65.9 Å². The molecular formula is C18H20FN3. The van der Waals surface area contributed by atoms with Gasteiger partial charge in [-0.3, -0.25) is 9.98 Å². The van der Waals surface area contributed by atoms with Crippen LogP contribution in [0.4, 0.5) is 4.39 Å². The van der Waals surface area contributed by atoms with Crippen LogP contribution in [0.3, 0.4) is 0 Å². The van der Waals surface area contributed by atoms with Crippen LogP contribution in [-0.4, -0.2) is 17.9 Å². The first-order chi connectivity index (χ1) is 10.7. The maximum absolute atomic E-state index is 13.0. The lowest BCUT2D eigenvalue weighted by Crippen LogP contribution is -2.20. The highest BCUT2D eigenvalue weighted by atomic mass is 19.1. The van der Waals surface area contributed by atoms with E-state index in [1.807, 2.05) is 25.3 Å². The van der Waals surface area contributed by atoms with Crippen LogP contribution in [0.1, 0.15) is 24.6 Å². The first kappa shape index (κ1) is 15.9. The van der Waals surface area contributed by atoms with Gasteiger partial charge in [0.2, 0.25) is 0 Å². The Hall–Kier alpha value is -2.49. The van der Waals surface area contributed by atoms with Crippen LogP contribution in [0.5, 0.6) is 0 Å². The molecule has 0 bridgehead atoms. The second kappa shape index (κ2) is 7.50. The summed E-state index contributed by atoms with van der Waals surface area (Å²) < 4.78 is 13.0. The van der Waals surface area contributed by atoms with Crippen molar-refractivity contribution in [3.8, 4) is 11.1 Å². The normalized spacial score (nSPS) is 11.9. The largest absolute Gasteiger partial charge is 0.347 e. The molecule has 0 saturated carbocycles. The predicted octanol–water partition coefficient (Wildman–Crippen LogP) is 4.09. The second-order valence-corrected chi connectivity index (χ2v) is 4.89. The fourth-order valence-electron chi connectivity index (χ4n) is 2.09. The van der Waals surface area contributed by atoms with Crippen LogP contribution in [0, 0.1) is 12.7 Å². The molecule has 0 saturated heterocycles. The van der Waals surface area contributed by atoms with Crippen LogP contribution >= 0.6 is 0 Å². The van der Waals surface area contributed by atoms with E-state index in [1.54, 1.807) is 25.4 Å². The number of rotatable bonds is 4. The highest BCUT2D eigenvalue weighted by molar-refractivity contribution is 6.01. The minimum atomic E-state index is -0.244. The van der Waals surface area contributed by atoms with Crippen LogP contribution in [0.15, 0.2) is 53.8 Å². The Morgan fingerprint density at radius 2 is 2.00 bits per heavy atom. The number of hydrogen-bond donors (Lipinski definition) is 1. The van der Waals surface area contributed by atoms with Crippen molar-refractivity contribution in [1.82, 2.24) is 10.3 Å². The van der Waals surface area contributed by atoms with E-state index in [0.29, 0.717) is 0 Å². The fourth-order valence-corrected chi connectivity index (χ4v) is 2.09. The summed E-state index contributed by atoms with van der Waals surface area (Å²) in [6.45, 7) is 4.02. The van der Waals surface area contributed by atoms with Crippen LogP contribution < -0.4 is 5.32 Å². The summed E-state index contributed by atoms with van der Waals surface area (Å²) in [5.74, 6) is 0.518. The van der Waals surface area contributed by atoms with E-state index in [0.717, 1.165) is 34.6 Å². The SMILES string of the molecule is CC/C=C/NC(=NC)c1cc(-c2ccc(F)cc2)cnc1C. The molecule has 0 spiro atoms. The van der Waals surface area contributed by atoms with Gasteiger partial charge in [-0.15, -0.1) is 0 Å². The van der Waals surface area contributed by atoms with Gasteiger partial charge in [0.15, 0.2) is 0 Å². The standard InChI is InChI=1S/C18H20FN3/c1-4-5-10-21-18(20-3)17-11-15(12-22-13(17)2)14-6-8-16(19)9-7-14/h5-12H,4H2,1-3H3,(H,20,21)/b10-5+. The van der Waals surface area contributed by atoms with Gasteiger partial charge in [0.1, 0.15) is 11.7 Å². The van der Waals surface area contributed by atoms with Crippen molar-refractivity contribution in [2.75, 3.05) is 7.05 Å². The Kier molecular flexibility index (Phi) is 5.42. The highest BCUT2D eigenvalue weighted by Gasteiger charge is 2.09. The number of aromatic nitrogens is 1. The Labute approximate surface area is 130 Å². The number of benzene rings is 1. The van der Waals surface area contributed by atoms with Gasteiger partial charge in [0.05, 0.1) is 0 Å². The molecule has 0 aliphatic heterocycles. The monoisotopic (exact) mass is 297 g/mol. The summed E-state index contributed by atoms with van der Waals surface area (Å²) in [5, 5.41) is 3.18. The quantitative estimate of drug-likeness (QED) is 0.682. The Morgan fingerprint density at radius 1 is 1.27 bits per heavy atom. The zero-order chi connectivity index (χ0) is 15.9. The molecule has 1 aromatic heterocycles. The lowest BCUT2D eigenvalue weighted by atomic mass is 10.0. The molecule has 1 heterocycles. The van der Waals surface area contributed by atoms with Gasteiger partial charge in [0, 0.05) is 30.1 Å². The van der Waals surface area contributed by atoms with Gasteiger partial charge in [0.25, 0.3) is 0 Å². The van der Waals surface area contributed by atoms with Gasteiger partial charge in [-0.1, -0.05) is 25.1 Å². The maximum atomic E-state index is 13.0. The molecule has 114 valence electrons. The Balaban J connectivity index is 2.37. The molecule has 1 N–H and O–H groups in total. The number of amidine groups is 1. The van der Waals surface area contributed by atoms with Crippen molar-refractivity contribution in [2.45, 2.75) is 20.3 Å². The molecule has 0 radical (unpaired) electrons. The van der Waals surface area contributed by atoms with Gasteiger partial charge in [-0.05, 0) is 43.3 Å². The minimum Gasteiger partial charge on any atom is -0.347 e. The van der Waals surface area contributed by atoms with E-state index in [1.165, 1.54) is 12.1 Å². The predicted molar refractivity (Wildman–Crippen MR) is 89.4 cm³/mol. The third-order valence-electron chi connectivity index (χ3n) is 3.32. The zero-order valence-electron chi connectivity index (χ0n) is 13.1. The molecule has 3 nitrogen and oxygen atoms in total. The van der Waals surface area contributed by atoms with Crippen molar-refractivity contribution in [3.63, 3.8) is 0 Å². The van der Waals surface area contributed by atoms with Crippen LogP contribution in [-0.2, 0) is 0 Å². The average Bonchev–Trinajstić information content (AvgIpc) is 2.53. The van der Waals surface area contributed by atoms with Crippen molar-refractivity contribution in [2.24, 2.45) is 4.99 Å². The van der Waals surface area contributed by atoms with Gasteiger partial charge in [-0.25, -0.2) is 4.39 Å². The van der Waals surface area contributed by atoms with Crippen molar-refractivity contribution < 1.29 is 4.39 Å². The van der Waals surface area contributed by atoms with E-state index in [2.05, 4.69) is 22.2 Å². The maximum Gasteiger partial charge on any atom is 0.133 e. The Morgan fingerprint density at radius 3 is 2.64 bits per heavy atom. The molecule has 0 amide bonds. The number of allylic oxidation sites excluding steroid dienone is 1. The number of nitrogens with one attached hydrogen (secondary N) is 1. The molecule has 1 aromatic carbocycles. The van der Waals surface area contributed by atoms with Crippen LogP contribution in [0.25, 0.3) is 11.1 Å². The first-order valence-corrected chi connectivity index (χ1v) is 7.27. The summed E-state index contributed by atoms with van der Waals surface area (Å²) in [6.07, 6.45) is 6.65. The van der Waals surface area contributed by atoms with E-state index in [4.69, 9.17) is 0 Å². The zero-order valence-corrected chi connectivity index (χ0v) is 13.1. The molecular weight excluding hydrogens is 277 g/mol. The molecule has 22 heavy (non-hydrogen) atoms. The van der Waals surface area contributed by atoms with Crippen molar-refractivity contribution >= 4 is 5.84 Å². The number of aryl methyl sites for hydroxylation is 1. The van der Waals surface area contributed by atoms with Crippen molar-refractivity contribution in [1.29, 1.82) is 0 Å². The van der Waals surface area contributed by atoms with E-state index >= 15 is 0 Å². The third-order valence-corrected chi connectivity index (χ3v) is 3.32. The van der Waals surface area contributed by atoms with E-state index in [9.17, 15) is 4.39 Å². The number of nitrogens with zero attached hydrogens (tertiary/aromatic N) is 2. The number of hydrogen-bond acceptors (Lipinski definition) is 2. The fraction of sp³-hybridized carbons (Fsp3) is 0.222. The van der Waals surface area contributed by atoms with Gasteiger partial charge in [-0.2, -0.15) is 0 Å². The van der Waals surface area contributed by atoms with E-state index < -0.39 is 0 Å². The third kappa shape index (κ3) is 3.79. The number of halogens is 1. The lowest BCUT2D eigenvalue weighted by molar-refractivity contribution is 0.628.